The van der Waals surface area contributed by atoms with Crippen LogP contribution in [0.25, 0.3) is 0 Å². The fourth-order valence-electron chi connectivity index (χ4n) is 1.52. The van der Waals surface area contributed by atoms with Crippen molar-refractivity contribution in [3.63, 3.8) is 0 Å². The molecule has 0 bridgehead atoms. The average molecular weight is 399 g/mol. The molecule has 116 valence electrons. The number of nitrogens with one attached hydrogen (secondary N) is 3. The number of benzene rings is 2. The second kappa shape index (κ2) is 7.49. The van der Waals surface area contributed by atoms with Crippen LogP contribution < -0.4 is 16.2 Å². The number of urea groups is 1. The number of hydrogen-bond acceptors (Lipinski definition) is 2. The molecule has 0 saturated carbocycles. The largest absolute Gasteiger partial charge is 0.337 e. The summed E-state index contributed by atoms with van der Waals surface area (Å²) in [4.78, 5) is 11.8. The molecule has 22 heavy (non-hydrogen) atoms. The van der Waals surface area contributed by atoms with Crippen molar-refractivity contribution in [2.45, 2.75) is 0 Å². The highest BCUT2D eigenvalue weighted by molar-refractivity contribution is 6.42. The van der Waals surface area contributed by atoms with Gasteiger partial charge in [0.05, 0.1) is 25.8 Å². The summed E-state index contributed by atoms with van der Waals surface area (Å²) >= 11 is 29.4. The minimum Gasteiger partial charge on any atom is -0.307 e. The van der Waals surface area contributed by atoms with Crippen molar-refractivity contribution in [2.75, 3.05) is 10.7 Å². The first-order valence-corrected chi connectivity index (χ1v) is 7.68. The van der Waals surface area contributed by atoms with E-state index in [-0.39, 0.29) is 10.0 Å². The molecule has 9 heteroatoms. The molecule has 0 radical (unpaired) electrons. The van der Waals surface area contributed by atoms with E-state index in [9.17, 15) is 4.79 Å². The zero-order chi connectivity index (χ0) is 16.3. The first kappa shape index (κ1) is 17.3. The fourth-order valence-corrected chi connectivity index (χ4v) is 2.73. The maximum absolute atomic E-state index is 11.8. The van der Waals surface area contributed by atoms with Crippen LogP contribution in [0.1, 0.15) is 0 Å². The Labute approximate surface area is 151 Å². The second-order valence-corrected chi connectivity index (χ2v) is 6.14. The third-order valence-electron chi connectivity index (χ3n) is 2.49. The molecule has 0 aliphatic carbocycles. The molecule has 2 aromatic rings. The summed E-state index contributed by atoms with van der Waals surface area (Å²) in [5, 5.41) is 4.22. The molecule has 0 aliphatic rings. The summed E-state index contributed by atoms with van der Waals surface area (Å²) < 4.78 is 0. The highest BCUT2D eigenvalue weighted by Crippen LogP contribution is 2.33. The Morgan fingerprint density at radius 1 is 0.818 bits per heavy atom. The Bertz CT molecular complexity index is 700. The van der Waals surface area contributed by atoms with Crippen molar-refractivity contribution in [1.82, 2.24) is 5.43 Å². The maximum Gasteiger partial charge on any atom is 0.337 e. The minimum atomic E-state index is -0.541. The number of carbonyl (C=O) groups excluding carboxylic acids is 1. The van der Waals surface area contributed by atoms with E-state index >= 15 is 0 Å². The normalized spacial score (nSPS) is 10.2. The van der Waals surface area contributed by atoms with E-state index in [4.69, 9.17) is 58.0 Å². The summed E-state index contributed by atoms with van der Waals surface area (Å²) in [6, 6.07) is 7.15. The van der Waals surface area contributed by atoms with Crippen molar-refractivity contribution in [2.24, 2.45) is 0 Å². The molecule has 0 aromatic heterocycles. The van der Waals surface area contributed by atoms with Crippen molar-refractivity contribution < 1.29 is 4.79 Å². The van der Waals surface area contributed by atoms with Crippen LogP contribution in [0.5, 0.6) is 0 Å². The van der Waals surface area contributed by atoms with E-state index in [1.165, 1.54) is 18.2 Å². The predicted molar refractivity (Wildman–Crippen MR) is 93.7 cm³/mol. The van der Waals surface area contributed by atoms with Gasteiger partial charge >= 0.3 is 6.03 Å². The lowest BCUT2D eigenvalue weighted by molar-refractivity contribution is 0.254. The van der Waals surface area contributed by atoms with Gasteiger partial charge < -0.3 is 5.32 Å². The van der Waals surface area contributed by atoms with E-state index < -0.39 is 6.03 Å². The molecule has 0 spiro atoms. The Balaban J connectivity index is 2.00. The van der Waals surface area contributed by atoms with E-state index in [1.54, 1.807) is 12.1 Å². The van der Waals surface area contributed by atoms with Gasteiger partial charge in [0.15, 0.2) is 0 Å². The second-order valence-electron chi connectivity index (χ2n) is 4.08. The summed E-state index contributed by atoms with van der Waals surface area (Å²) in [5.74, 6) is 0. The third-order valence-corrected chi connectivity index (χ3v) is 4.04. The zero-order valence-corrected chi connectivity index (χ0v) is 14.5. The molecule has 0 unspecified atom stereocenters. The van der Waals surface area contributed by atoms with Gasteiger partial charge in [-0.1, -0.05) is 58.0 Å². The van der Waals surface area contributed by atoms with E-state index in [1.807, 2.05) is 0 Å². The standard InChI is InChI=1S/C13H8Cl5N3O/c14-6-3-10(17)12(11(18)4-6)20-21-13(22)19-7-1-2-8(15)9(16)5-7/h1-5,20H,(H2,19,21,22). The number of amides is 2. The summed E-state index contributed by atoms with van der Waals surface area (Å²) in [6.07, 6.45) is 0. The molecule has 0 aliphatic heterocycles. The van der Waals surface area contributed by atoms with Gasteiger partial charge in [0.2, 0.25) is 0 Å². The van der Waals surface area contributed by atoms with Crippen LogP contribution in [0.15, 0.2) is 30.3 Å². The number of hydrogen-bond donors (Lipinski definition) is 3. The van der Waals surface area contributed by atoms with Crippen molar-refractivity contribution in [1.29, 1.82) is 0 Å². The van der Waals surface area contributed by atoms with Crippen molar-refractivity contribution in [3.8, 4) is 0 Å². The van der Waals surface area contributed by atoms with E-state index in [0.29, 0.717) is 26.4 Å². The van der Waals surface area contributed by atoms with Gasteiger partial charge in [0.25, 0.3) is 0 Å². The van der Waals surface area contributed by atoms with Crippen molar-refractivity contribution in [3.05, 3.63) is 55.4 Å². The van der Waals surface area contributed by atoms with E-state index in [2.05, 4.69) is 16.2 Å². The molecular weight excluding hydrogens is 391 g/mol. The molecule has 2 aromatic carbocycles. The quantitative estimate of drug-likeness (QED) is 0.546. The summed E-state index contributed by atoms with van der Waals surface area (Å²) in [5.41, 5.74) is 5.81. The molecule has 0 heterocycles. The molecular formula is C13H8Cl5N3O. The Hall–Kier alpha value is -1.04. The first-order chi connectivity index (χ1) is 10.4. The molecule has 2 rings (SSSR count). The lowest BCUT2D eigenvalue weighted by atomic mass is 10.3. The smallest absolute Gasteiger partial charge is 0.307 e. The van der Waals surface area contributed by atoms with Crippen LogP contribution in [-0.2, 0) is 0 Å². The van der Waals surface area contributed by atoms with Gasteiger partial charge in [-0.05, 0) is 30.3 Å². The summed E-state index contributed by atoms with van der Waals surface area (Å²) in [6.45, 7) is 0. The third kappa shape index (κ3) is 4.48. The Kier molecular flexibility index (Phi) is 5.89. The fraction of sp³-hybridized carbons (Fsp3) is 0. The number of anilines is 2. The van der Waals surface area contributed by atoms with Crippen LogP contribution in [0.4, 0.5) is 16.2 Å². The average Bonchev–Trinajstić information content (AvgIpc) is 2.41. The molecule has 0 saturated heterocycles. The molecule has 2 amide bonds. The molecule has 4 nitrogen and oxygen atoms in total. The summed E-state index contributed by atoms with van der Waals surface area (Å²) in [7, 11) is 0. The lowest BCUT2D eigenvalue weighted by Gasteiger charge is -2.13. The first-order valence-electron chi connectivity index (χ1n) is 5.79. The van der Waals surface area contributed by atoms with Gasteiger partial charge in [-0.15, -0.1) is 0 Å². The number of hydrazine groups is 1. The van der Waals surface area contributed by atoms with Gasteiger partial charge in [-0.3, -0.25) is 10.9 Å². The molecule has 0 atom stereocenters. The Morgan fingerprint density at radius 2 is 1.45 bits per heavy atom. The number of halogens is 5. The van der Waals surface area contributed by atoms with Crippen molar-refractivity contribution >= 4 is 75.4 Å². The van der Waals surface area contributed by atoms with Gasteiger partial charge in [0.1, 0.15) is 0 Å². The topological polar surface area (TPSA) is 53.2 Å². The highest BCUT2D eigenvalue weighted by Gasteiger charge is 2.09. The number of carbonyl (C=O) groups is 1. The zero-order valence-electron chi connectivity index (χ0n) is 10.7. The SMILES string of the molecule is O=C(NNc1c(Cl)cc(Cl)cc1Cl)Nc1ccc(Cl)c(Cl)c1. The van der Waals surface area contributed by atoms with Crippen LogP contribution in [0.3, 0.4) is 0 Å². The maximum atomic E-state index is 11.8. The Morgan fingerprint density at radius 3 is 2.05 bits per heavy atom. The highest BCUT2D eigenvalue weighted by atomic mass is 35.5. The van der Waals surface area contributed by atoms with Gasteiger partial charge in [-0.25, -0.2) is 4.79 Å². The molecule has 0 fully saturated rings. The lowest BCUT2D eigenvalue weighted by Crippen LogP contribution is -2.33. The van der Waals surface area contributed by atoms with Gasteiger partial charge in [-0.2, -0.15) is 0 Å². The predicted octanol–water partition coefficient (Wildman–Crippen LogP) is 6.10. The number of rotatable bonds is 3. The van der Waals surface area contributed by atoms with Crippen LogP contribution in [0.2, 0.25) is 25.1 Å². The molecule has 3 N–H and O–H groups in total. The van der Waals surface area contributed by atoms with E-state index in [0.717, 1.165) is 0 Å². The van der Waals surface area contributed by atoms with Crippen LogP contribution in [0, 0.1) is 0 Å². The van der Waals surface area contributed by atoms with Gasteiger partial charge in [0, 0.05) is 10.7 Å². The minimum absolute atomic E-state index is 0.271. The van der Waals surface area contributed by atoms with Crippen LogP contribution in [-0.4, -0.2) is 6.03 Å². The van der Waals surface area contributed by atoms with Crippen LogP contribution >= 0.6 is 58.0 Å². The monoisotopic (exact) mass is 397 g/mol.